The third-order valence-electron chi connectivity index (χ3n) is 1.83. The van der Waals surface area contributed by atoms with Crippen molar-refractivity contribution in [1.82, 2.24) is 0 Å². The standard InChI is InChI=1S/C11H17NO4/c1-3-5-9(8-11(14)15-4-2)16-10(13)6-7-12/h9H,3-6,8H2,1-2H3. The second kappa shape index (κ2) is 8.72. The van der Waals surface area contributed by atoms with Gasteiger partial charge >= 0.3 is 11.9 Å². The number of carbonyl (C=O) groups excluding carboxylic acids is 2. The van der Waals surface area contributed by atoms with Gasteiger partial charge in [-0.1, -0.05) is 13.3 Å². The van der Waals surface area contributed by atoms with Crippen molar-refractivity contribution in [3.05, 3.63) is 0 Å². The molecule has 0 saturated heterocycles. The Bertz CT molecular complexity index is 270. The number of nitriles is 1. The lowest BCUT2D eigenvalue weighted by Crippen LogP contribution is -2.22. The SMILES string of the molecule is CCCC(CC(=O)OCC)OC(=O)CC#N. The molecular formula is C11H17NO4. The highest BCUT2D eigenvalue weighted by molar-refractivity contribution is 5.73. The summed E-state index contributed by atoms with van der Waals surface area (Å²) in [6.07, 6.45) is 0.673. The Kier molecular flexibility index (Phi) is 7.86. The molecule has 16 heavy (non-hydrogen) atoms. The summed E-state index contributed by atoms with van der Waals surface area (Å²) < 4.78 is 9.75. The minimum atomic E-state index is -0.592. The second-order valence-corrected chi connectivity index (χ2v) is 3.24. The Morgan fingerprint density at radius 1 is 1.31 bits per heavy atom. The monoisotopic (exact) mass is 227 g/mol. The summed E-state index contributed by atoms with van der Waals surface area (Å²) in [6, 6.07) is 1.70. The van der Waals surface area contributed by atoms with E-state index in [1.54, 1.807) is 13.0 Å². The number of carbonyl (C=O) groups is 2. The molecule has 0 radical (unpaired) electrons. The number of esters is 2. The van der Waals surface area contributed by atoms with Gasteiger partial charge in [0.05, 0.1) is 19.1 Å². The van der Waals surface area contributed by atoms with Crippen molar-refractivity contribution in [1.29, 1.82) is 5.26 Å². The predicted octanol–water partition coefficient (Wildman–Crippen LogP) is 1.57. The molecule has 0 aromatic heterocycles. The van der Waals surface area contributed by atoms with Gasteiger partial charge in [-0.3, -0.25) is 9.59 Å². The van der Waals surface area contributed by atoms with Gasteiger partial charge in [0.15, 0.2) is 0 Å². The molecule has 0 N–H and O–H groups in total. The summed E-state index contributed by atoms with van der Waals surface area (Å²) in [5.74, 6) is -0.976. The van der Waals surface area contributed by atoms with Crippen molar-refractivity contribution in [2.75, 3.05) is 6.61 Å². The fourth-order valence-electron chi connectivity index (χ4n) is 1.22. The van der Waals surface area contributed by atoms with Crippen LogP contribution in [-0.4, -0.2) is 24.6 Å². The van der Waals surface area contributed by atoms with Crippen LogP contribution in [0.1, 0.15) is 39.5 Å². The molecule has 0 bridgehead atoms. The molecule has 0 heterocycles. The number of rotatable bonds is 7. The van der Waals surface area contributed by atoms with Crippen molar-refractivity contribution in [2.45, 2.75) is 45.6 Å². The van der Waals surface area contributed by atoms with Crippen molar-refractivity contribution in [3.8, 4) is 6.07 Å². The van der Waals surface area contributed by atoms with Crippen LogP contribution in [0.15, 0.2) is 0 Å². The first-order valence-electron chi connectivity index (χ1n) is 5.36. The van der Waals surface area contributed by atoms with E-state index >= 15 is 0 Å². The molecule has 5 heteroatoms. The van der Waals surface area contributed by atoms with Gasteiger partial charge in [-0.25, -0.2) is 0 Å². The summed E-state index contributed by atoms with van der Waals surface area (Å²) in [7, 11) is 0. The zero-order valence-electron chi connectivity index (χ0n) is 9.69. The Morgan fingerprint density at radius 3 is 2.50 bits per heavy atom. The molecule has 0 rings (SSSR count). The van der Waals surface area contributed by atoms with Gasteiger partial charge in [-0.15, -0.1) is 0 Å². The van der Waals surface area contributed by atoms with Crippen LogP contribution >= 0.6 is 0 Å². The van der Waals surface area contributed by atoms with Gasteiger partial charge in [0, 0.05) is 0 Å². The van der Waals surface area contributed by atoms with E-state index in [9.17, 15) is 9.59 Å². The number of ether oxygens (including phenoxy) is 2. The minimum absolute atomic E-state index is 0.0544. The van der Waals surface area contributed by atoms with Crippen molar-refractivity contribution in [2.24, 2.45) is 0 Å². The van der Waals surface area contributed by atoms with E-state index in [2.05, 4.69) is 0 Å². The Morgan fingerprint density at radius 2 is 2.00 bits per heavy atom. The fraction of sp³-hybridized carbons (Fsp3) is 0.727. The summed E-state index contributed by atoms with van der Waals surface area (Å²) in [5.41, 5.74) is 0. The van der Waals surface area contributed by atoms with Crippen LogP contribution in [0.25, 0.3) is 0 Å². The average Bonchev–Trinajstić information content (AvgIpc) is 2.18. The largest absolute Gasteiger partial charge is 0.466 e. The van der Waals surface area contributed by atoms with Gasteiger partial charge in [-0.2, -0.15) is 5.26 Å². The van der Waals surface area contributed by atoms with E-state index in [4.69, 9.17) is 14.7 Å². The zero-order chi connectivity index (χ0) is 12.4. The smallest absolute Gasteiger partial charge is 0.320 e. The third-order valence-corrected chi connectivity index (χ3v) is 1.83. The molecule has 90 valence electrons. The second-order valence-electron chi connectivity index (χ2n) is 3.24. The van der Waals surface area contributed by atoms with Crippen LogP contribution in [0.2, 0.25) is 0 Å². The first-order chi connectivity index (χ1) is 7.63. The van der Waals surface area contributed by atoms with Crippen LogP contribution in [0.3, 0.4) is 0 Å². The molecule has 0 spiro atoms. The molecule has 0 aliphatic heterocycles. The fourth-order valence-corrected chi connectivity index (χ4v) is 1.22. The van der Waals surface area contributed by atoms with Gasteiger partial charge in [-0.05, 0) is 13.3 Å². The molecule has 0 saturated carbocycles. The van der Waals surface area contributed by atoms with Gasteiger partial charge in [0.1, 0.15) is 12.5 Å². The Hall–Kier alpha value is -1.57. The summed E-state index contributed by atoms with van der Waals surface area (Å²) in [5, 5.41) is 8.30. The van der Waals surface area contributed by atoms with Crippen LogP contribution < -0.4 is 0 Å². The molecule has 0 fully saturated rings. The Balaban J connectivity index is 4.11. The van der Waals surface area contributed by atoms with E-state index in [1.165, 1.54) is 0 Å². The molecule has 0 aliphatic rings. The highest BCUT2D eigenvalue weighted by atomic mass is 16.6. The number of hydrogen-bond acceptors (Lipinski definition) is 5. The lowest BCUT2D eigenvalue weighted by molar-refractivity contribution is -0.154. The van der Waals surface area contributed by atoms with E-state index in [0.29, 0.717) is 13.0 Å². The van der Waals surface area contributed by atoms with Gasteiger partial charge in [0.2, 0.25) is 0 Å². The molecule has 1 atom stereocenters. The summed E-state index contributed by atoms with van der Waals surface area (Å²) >= 11 is 0. The first kappa shape index (κ1) is 14.4. The average molecular weight is 227 g/mol. The van der Waals surface area contributed by atoms with Crippen molar-refractivity contribution < 1.29 is 19.1 Å². The van der Waals surface area contributed by atoms with Crippen molar-refractivity contribution in [3.63, 3.8) is 0 Å². The maximum absolute atomic E-state index is 11.2. The number of hydrogen-bond donors (Lipinski definition) is 0. The molecule has 0 aromatic carbocycles. The minimum Gasteiger partial charge on any atom is -0.466 e. The lowest BCUT2D eigenvalue weighted by Gasteiger charge is -2.15. The maximum Gasteiger partial charge on any atom is 0.320 e. The zero-order valence-corrected chi connectivity index (χ0v) is 9.69. The van der Waals surface area contributed by atoms with Crippen LogP contribution in [-0.2, 0) is 19.1 Å². The number of nitrogens with zero attached hydrogens (tertiary/aromatic N) is 1. The summed E-state index contributed by atoms with van der Waals surface area (Å²) in [6.45, 7) is 3.95. The van der Waals surface area contributed by atoms with E-state index in [0.717, 1.165) is 6.42 Å². The molecule has 0 aliphatic carbocycles. The topological polar surface area (TPSA) is 76.4 Å². The first-order valence-corrected chi connectivity index (χ1v) is 5.36. The highest BCUT2D eigenvalue weighted by Gasteiger charge is 2.18. The lowest BCUT2D eigenvalue weighted by atomic mass is 10.1. The highest BCUT2D eigenvalue weighted by Crippen LogP contribution is 2.09. The van der Waals surface area contributed by atoms with Gasteiger partial charge < -0.3 is 9.47 Å². The molecule has 0 amide bonds. The van der Waals surface area contributed by atoms with Crippen molar-refractivity contribution >= 4 is 11.9 Å². The van der Waals surface area contributed by atoms with Gasteiger partial charge in [0.25, 0.3) is 0 Å². The molecule has 0 aromatic rings. The quantitative estimate of drug-likeness (QED) is 0.617. The summed E-state index contributed by atoms with van der Waals surface area (Å²) in [4.78, 5) is 22.3. The van der Waals surface area contributed by atoms with E-state index in [1.807, 2.05) is 6.92 Å². The molecular weight excluding hydrogens is 210 g/mol. The molecule has 5 nitrogen and oxygen atoms in total. The van der Waals surface area contributed by atoms with Crippen LogP contribution in [0.5, 0.6) is 0 Å². The Labute approximate surface area is 95.3 Å². The van der Waals surface area contributed by atoms with E-state index in [-0.39, 0.29) is 18.8 Å². The van der Waals surface area contributed by atoms with Crippen LogP contribution in [0, 0.1) is 11.3 Å². The third kappa shape index (κ3) is 6.82. The van der Waals surface area contributed by atoms with E-state index < -0.39 is 12.1 Å². The molecule has 1 unspecified atom stereocenters. The normalized spacial score (nSPS) is 11.3. The maximum atomic E-state index is 11.2. The predicted molar refractivity (Wildman–Crippen MR) is 56.3 cm³/mol. The van der Waals surface area contributed by atoms with Crippen LogP contribution in [0.4, 0.5) is 0 Å².